The molecule has 3 aromatic rings. The van der Waals surface area contributed by atoms with E-state index < -0.39 is 0 Å². The van der Waals surface area contributed by atoms with Crippen molar-refractivity contribution in [1.29, 1.82) is 0 Å². The van der Waals surface area contributed by atoms with Crippen molar-refractivity contribution >= 4 is 28.2 Å². The zero-order valence-electron chi connectivity index (χ0n) is 14.3. The first-order chi connectivity index (χ1) is 12.0. The van der Waals surface area contributed by atoms with E-state index in [1.165, 1.54) is 11.3 Å². The molecule has 1 aromatic heterocycles. The lowest BCUT2D eigenvalue weighted by Crippen LogP contribution is -2.19. The number of urea groups is 1. The standard InChI is InChI=1S/C19H19N3O2S/c1-12-4-7-15(8-5-12)20-18(23)22-19-21-16(11-25-19)14-6-9-17(24-3)13(2)10-14/h4-11H,1-3H3,(H2,20,21,22,23). The van der Waals surface area contributed by atoms with Gasteiger partial charge in [-0.05, 0) is 49.7 Å². The fourth-order valence-electron chi connectivity index (χ4n) is 2.40. The normalized spacial score (nSPS) is 10.4. The van der Waals surface area contributed by atoms with Gasteiger partial charge in [0.05, 0.1) is 12.8 Å². The summed E-state index contributed by atoms with van der Waals surface area (Å²) < 4.78 is 5.27. The summed E-state index contributed by atoms with van der Waals surface area (Å²) >= 11 is 1.39. The first kappa shape index (κ1) is 17.0. The molecule has 0 bridgehead atoms. The molecule has 2 amide bonds. The first-order valence-corrected chi connectivity index (χ1v) is 8.68. The van der Waals surface area contributed by atoms with Gasteiger partial charge >= 0.3 is 6.03 Å². The van der Waals surface area contributed by atoms with Gasteiger partial charge in [-0.25, -0.2) is 9.78 Å². The van der Waals surface area contributed by atoms with Crippen LogP contribution in [0.3, 0.4) is 0 Å². The number of benzene rings is 2. The fourth-order valence-corrected chi connectivity index (χ4v) is 3.11. The van der Waals surface area contributed by atoms with Gasteiger partial charge in [-0.1, -0.05) is 17.7 Å². The molecule has 128 valence electrons. The average molecular weight is 353 g/mol. The number of ether oxygens (including phenoxy) is 1. The third-order valence-electron chi connectivity index (χ3n) is 3.72. The molecule has 0 aliphatic rings. The Bertz CT molecular complexity index is 888. The van der Waals surface area contributed by atoms with Crippen molar-refractivity contribution in [2.45, 2.75) is 13.8 Å². The maximum Gasteiger partial charge on any atom is 0.325 e. The Kier molecular flexibility index (Phi) is 5.00. The molecule has 3 rings (SSSR count). The maximum atomic E-state index is 12.1. The van der Waals surface area contributed by atoms with Gasteiger partial charge in [-0.2, -0.15) is 0 Å². The number of nitrogens with one attached hydrogen (secondary N) is 2. The number of carbonyl (C=O) groups is 1. The van der Waals surface area contributed by atoms with Crippen molar-refractivity contribution in [3.05, 3.63) is 59.0 Å². The Morgan fingerprint density at radius 2 is 1.84 bits per heavy atom. The summed E-state index contributed by atoms with van der Waals surface area (Å²) in [6, 6.07) is 13.2. The van der Waals surface area contributed by atoms with Crippen molar-refractivity contribution in [3.63, 3.8) is 0 Å². The van der Waals surface area contributed by atoms with Gasteiger partial charge < -0.3 is 10.1 Å². The smallest absolute Gasteiger partial charge is 0.325 e. The molecule has 0 saturated carbocycles. The summed E-state index contributed by atoms with van der Waals surface area (Å²) in [5, 5.41) is 8.02. The van der Waals surface area contributed by atoms with Gasteiger partial charge in [0, 0.05) is 16.6 Å². The predicted octanol–water partition coefficient (Wildman–Crippen LogP) is 5.08. The molecule has 0 atom stereocenters. The summed E-state index contributed by atoms with van der Waals surface area (Å²) in [6.07, 6.45) is 0. The number of rotatable bonds is 4. The van der Waals surface area contributed by atoms with Gasteiger partial charge in [0.2, 0.25) is 0 Å². The lowest BCUT2D eigenvalue weighted by molar-refractivity contribution is 0.262. The second kappa shape index (κ2) is 7.36. The van der Waals surface area contributed by atoms with E-state index >= 15 is 0 Å². The molecule has 6 heteroatoms. The molecule has 0 aliphatic carbocycles. The second-order valence-corrected chi connectivity index (χ2v) is 6.53. The van der Waals surface area contributed by atoms with E-state index in [1.54, 1.807) is 7.11 Å². The number of thiazole rings is 1. The van der Waals surface area contributed by atoms with Crippen LogP contribution in [0.2, 0.25) is 0 Å². The molecule has 2 aromatic carbocycles. The Labute approximate surface area is 150 Å². The van der Waals surface area contributed by atoms with Crippen LogP contribution in [0.5, 0.6) is 5.75 Å². The van der Waals surface area contributed by atoms with Gasteiger partial charge in [-0.15, -0.1) is 11.3 Å². The minimum Gasteiger partial charge on any atom is -0.496 e. The van der Waals surface area contributed by atoms with Crippen molar-refractivity contribution in [2.24, 2.45) is 0 Å². The number of hydrogen-bond donors (Lipinski definition) is 2. The number of anilines is 2. The number of amides is 2. The van der Waals surface area contributed by atoms with Crippen molar-refractivity contribution in [2.75, 3.05) is 17.7 Å². The third-order valence-corrected chi connectivity index (χ3v) is 4.48. The largest absolute Gasteiger partial charge is 0.496 e. The minimum absolute atomic E-state index is 0.310. The Balaban J connectivity index is 1.68. The number of aryl methyl sites for hydroxylation is 2. The average Bonchev–Trinajstić information content (AvgIpc) is 3.05. The number of methoxy groups -OCH3 is 1. The zero-order chi connectivity index (χ0) is 17.8. The molecule has 2 N–H and O–H groups in total. The molecule has 0 saturated heterocycles. The van der Waals surface area contributed by atoms with Gasteiger partial charge in [0.1, 0.15) is 5.75 Å². The number of hydrogen-bond acceptors (Lipinski definition) is 4. The molecule has 0 unspecified atom stereocenters. The molecule has 1 heterocycles. The second-order valence-electron chi connectivity index (χ2n) is 5.67. The highest BCUT2D eigenvalue weighted by Crippen LogP contribution is 2.28. The van der Waals surface area contributed by atoms with E-state index in [1.807, 2.05) is 61.7 Å². The Hall–Kier alpha value is -2.86. The fraction of sp³-hybridized carbons (Fsp3) is 0.158. The third kappa shape index (κ3) is 4.16. The SMILES string of the molecule is COc1ccc(-c2csc(NC(=O)Nc3ccc(C)cc3)n2)cc1C. The molecule has 0 fully saturated rings. The van der Waals surface area contributed by atoms with Crippen molar-refractivity contribution < 1.29 is 9.53 Å². The van der Waals surface area contributed by atoms with Crippen molar-refractivity contribution in [3.8, 4) is 17.0 Å². The van der Waals surface area contributed by atoms with Crippen LogP contribution in [0.25, 0.3) is 11.3 Å². The minimum atomic E-state index is -0.310. The Morgan fingerprint density at radius 3 is 2.52 bits per heavy atom. The van der Waals surface area contributed by atoms with E-state index in [2.05, 4.69) is 15.6 Å². The highest BCUT2D eigenvalue weighted by Gasteiger charge is 2.09. The molecular formula is C19H19N3O2S. The number of nitrogens with zero attached hydrogens (tertiary/aromatic N) is 1. The number of aromatic nitrogens is 1. The van der Waals surface area contributed by atoms with Crippen LogP contribution < -0.4 is 15.4 Å². The van der Waals surface area contributed by atoms with E-state index in [9.17, 15) is 4.79 Å². The maximum absolute atomic E-state index is 12.1. The van der Waals surface area contributed by atoms with E-state index in [0.29, 0.717) is 5.13 Å². The summed E-state index contributed by atoms with van der Waals surface area (Å²) in [5.41, 5.74) is 4.73. The van der Waals surface area contributed by atoms with Crippen LogP contribution >= 0.6 is 11.3 Å². The zero-order valence-corrected chi connectivity index (χ0v) is 15.1. The van der Waals surface area contributed by atoms with Crippen LogP contribution in [0.15, 0.2) is 47.8 Å². The summed E-state index contributed by atoms with van der Waals surface area (Å²) in [4.78, 5) is 16.6. The van der Waals surface area contributed by atoms with E-state index in [0.717, 1.165) is 33.8 Å². The van der Waals surface area contributed by atoms with Gasteiger partial charge in [0.25, 0.3) is 0 Å². The molecular weight excluding hydrogens is 334 g/mol. The highest BCUT2D eigenvalue weighted by molar-refractivity contribution is 7.14. The van der Waals surface area contributed by atoms with Crippen LogP contribution in [0, 0.1) is 13.8 Å². The Morgan fingerprint density at radius 1 is 1.08 bits per heavy atom. The van der Waals surface area contributed by atoms with E-state index in [-0.39, 0.29) is 6.03 Å². The van der Waals surface area contributed by atoms with Crippen molar-refractivity contribution in [1.82, 2.24) is 4.98 Å². The highest BCUT2D eigenvalue weighted by atomic mass is 32.1. The molecule has 0 radical (unpaired) electrons. The topological polar surface area (TPSA) is 63.2 Å². The molecule has 0 aliphatic heterocycles. The predicted molar refractivity (Wildman–Crippen MR) is 103 cm³/mol. The lowest BCUT2D eigenvalue weighted by atomic mass is 10.1. The summed E-state index contributed by atoms with van der Waals surface area (Å²) in [6.45, 7) is 3.99. The molecule has 0 spiro atoms. The molecule has 25 heavy (non-hydrogen) atoms. The van der Waals surface area contributed by atoms with Gasteiger partial charge in [-0.3, -0.25) is 5.32 Å². The summed E-state index contributed by atoms with van der Waals surface area (Å²) in [7, 11) is 1.65. The molecule has 5 nitrogen and oxygen atoms in total. The van der Waals surface area contributed by atoms with E-state index in [4.69, 9.17) is 4.74 Å². The monoisotopic (exact) mass is 353 g/mol. The quantitative estimate of drug-likeness (QED) is 0.687. The van der Waals surface area contributed by atoms with Crippen LogP contribution in [0.1, 0.15) is 11.1 Å². The van der Waals surface area contributed by atoms with Gasteiger partial charge in [0.15, 0.2) is 5.13 Å². The first-order valence-electron chi connectivity index (χ1n) is 7.80. The summed E-state index contributed by atoms with van der Waals surface area (Å²) in [5.74, 6) is 0.842. The van der Waals surface area contributed by atoms with Crippen LogP contribution in [-0.2, 0) is 0 Å². The number of carbonyl (C=O) groups excluding carboxylic acids is 1. The van der Waals surface area contributed by atoms with Crippen LogP contribution in [0.4, 0.5) is 15.6 Å². The lowest BCUT2D eigenvalue weighted by Gasteiger charge is -2.06. The van der Waals surface area contributed by atoms with Crippen LogP contribution in [-0.4, -0.2) is 18.1 Å².